The van der Waals surface area contributed by atoms with Gasteiger partial charge in [-0.05, 0) is 32.4 Å². The van der Waals surface area contributed by atoms with Crippen molar-refractivity contribution in [2.75, 3.05) is 31.6 Å². The van der Waals surface area contributed by atoms with Crippen molar-refractivity contribution in [3.05, 3.63) is 40.0 Å². The van der Waals surface area contributed by atoms with Gasteiger partial charge in [0.05, 0.1) is 22.9 Å². The lowest BCUT2D eigenvalue weighted by Crippen LogP contribution is -2.45. The third-order valence-electron chi connectivity index (χ3n) is 4.58. The number of morpholine rings is 1. The fraction of sp³-hybridized carbons (Fsp3) is 0.550. The molecule has 2 N–H and O–H groups in total. The Bertz CT molecular complexity index is 765. The molecule has 2 aromatic rings. The zero-order valence-corrected chi connectivity index (χ0v) is 17.9. The number of aliphatic imine (C=N–C) groups is 1. The molecular formula is C20H30N6OS. The van der Waals surface area contributed by atoms with Gasteiger partial charge in [-0.1, -0.05) is 6.07 Å². The van der Waals surface area contributed by atoms with Crippen LogP contribution in [-0.4, -0.2) is 54.8 Å². The summed E-state index contributed by atoms with van der Waals surface area (Å²) < 4.78 is 5.80. The van der Waals surface area contributed by atoms with Crippen LogP contribution in [0.5, 0.6) is 0 Å². The van der Waals surface area contributed by atoms with Crippen LogP contribution in [-0.2, 0) is 17.7 Å². The third kappa shape index (κ3) is 5.90. The number of pyridine rings is 1. The molecule has 2 unspecified atom stereocenters. The first-order valence-electron chi connectivity index (χ1n) is 9.74. The van der Waals surface area contributed by atoms with E-state index in [2.05, 4.69) is 61.9 Å². The zero-order chi connectivity index (χ0) is 19.9. The molecule has 0 aliphatic carbocycles. The van der Waals surface area contributed by atoms with Crippen LogP contribution < -0.4 is 15.5 Å². The van der Waals surface area contributed by atoms with E-state index in [1.54, 1.807) is 18.4 Å². The van der Waals surface area contributed by atoms with E-state index in [4.69, 9.17) is 4.74 Å². The fourth-order valence-corrected chi connectivity index (χ4v) is 3.96. The van der Waals surface area contributed by atoms with Crippen LogP contribution in [0.25, 0.3) is 0 Å². The van der Waals surface area contributed by atoms with Crippen molar-refractivity contribution in [3.8, 4) is 0 Å². The molecule has 3 rings (SSSR count). The number of guanidine groups is 1. The third-order valence-corrected chi connectivity index (χ3v) is 5.40. The van der Waals surface area contributed by atoms with Crippen LogP contribution in [0.2, 0.25) is 0 Å². The van der Waals surface area contributed by atoms with Crippen LogP contribution >= 0.6 is 11.3 Å². The summed E-state index contributed by atoms with van der Waals surface area (Å²) in [6.45, 7) is 9.48. The highest BCUT2D eigenvalue weighted by Gasteiger charge is 2.22. The number of nitrogens with one attached hydrogen (secondary N) is 2. The first-order chi connectivity index (χ1) is 13.5. The van der Waals surface area contributed by atoms with Gasteiger partial charge in [0.15, 0.2) is 5.96 Å². The van der Waals surface area contributed by atoms with Gasteiger partial charge < -0.3 is 20.3 Å². The number of thiazole rings is 1. The molecule has 0 bridgehead atoms. The summed E-state index contributed by atoms with van der Waals surface area (Å²) in [5.74, 6) is 1.79. The van der Waals surface area contributed by atoms with E-state index in [9.17, 15) is 0 Å². The van der Waals surface area contributed by atoms with Gasteiger partial charge in [0.1, 0.15) is 5.82 Å². The van der Waals surface area contributed by atoms with Gasteiger partial charge in [-0.2, -0.15) is 0 Å². The monoisotopic (exact) mass is 402 g/mol. The molecule has 8 heteroatoms. The maximum atomic E-state index is 5.80. The van der Waals surface area contributed by atoms with E-state index in [-0.39, 0.29) is 12.2 Å². The van der Waals surface area contributed by atoms with Gasteiger partial charge >= 0.3 is 0 Å². The van der Waals surface area contributed by atoms with Crippen LogP contribution in [0, 0.1) is 6.92 Å². The Labute approximate surface area is 171 Å². The molecule has 1 aliphatic rings. The molecule has 1 fully saturated rings. The van der Waals surface area contributed by atoms with Crippen molar-refractivity contribution in [3.63, 3.8) is 0 Å². The fourth-order valence-electron chi connectivity index (χ4n) is 3.31. The Morgan fingerprint density at radius 2 is 2.07 bits per heavy atom. The predicted octanol–water partition coefficient (Wildman–Crippen LogP) is 2.37. The number of anilines is 1. The van der Waals surface area contributed by atoms with Crippen molar-refractivity contribution < 1.29 is 4.74 Å². The largest absolute Gasteiger partial charge is 0.372 e. The quantitative estimate of drug-likeness (QED) is 0.571. The number of hydrogen-bond donors (Lipinski definition) is 2. The second-order valence-electron chi connectivity index (χ2n) is 7.15. The van der Waals surface area contributed by atoms with E-state index in [0.29, 0.717) is 6.54 Å². The Hall–Kier alpha value is -2.19. The first kappa shape index (κ1) is 20.5. The molecule has 28 heavy (non-hydrogen) atoms. The second kappa shape index (κ2) is 9.84. The van der Waals surface area contributed by atoms with Crippen molar-refractivity contribution in [2.45, 2.75) is 45.9 Å². The molecule has 0 amide bonds. The number of nitrogens with zero attached hydrogens (tertiary/aromatic N) is 4. The van der Waals surface area contributed by atoms with Gasteiger partial charge in [0, 0.05) is 51.2 Å². The number of hydrogen-bond acceptors (Lipinski definition) is 6. The molecule has 7 nitrogen and oxygen atoms in total. The molecule has 0 spiro atoms. The minimum Gasteiger partial charge on any atom is -0.372 e. The molecule has 1 saturated heterocycles. The van der Waals surface area contributed by atoms with Crippen LogP contribution in [0.3, 0.4) is 0 Å². The molecule has 1 aliphatic heterocycles. The molecule has 2 aromatic heterocycles. The SMILES string of the molecule is CN=C(NCCc1csc(C)n1)NCc1ccc(N2CC(C)OC(C)C2)nc1. The van der Waals surface area contributed by atoms with E-state index in [1.807, 2.05) is 13.1 Å². The molecule has 2 atom stereocenters. The average molecular weight is 403 g/mol. The number of ether oxygens (including phenoxy) is 1. The molecular weight excluding hydrogens is 372 g/mol. The summed E-state index contributed by atoms with van der Waals surface area (Å²) in [6, 6.07) is 4.20. The molecule has 152 valence electrons. The predicted molar refractivity (Wildman–Crippen MR) is 115 cm³/mol. The summed E-state index contributed by atoms with van der Waals surface area (Å²) in [4.78, 5) is 15.7. The highest BCUT2D eigenvalue weighted by molar-refractivity contribution is 7.09. The minimum absolute atomic E-state index is 0.231. The maximum absolute atomic E-state index is 5.80. The number of aromatic nitrogens is 2. The highest BCUT2D eigenvalue weighted by atomic mass is 32.1. The minimum atomic E-state index is 0.231. The lowest BCUT2D eigenvalue weighted by molar-refractivity contribution is -0.00545. The average Bonchev–Trinajstić information content (AvgIpc) is 3.09. The van der Waals surface area contributed by atoms with Crippen LogP contribution in [0.15, 0.2) is 28.7 Å². The van der Waals surface area contributed by atoms with Crippen molar-refractivity contribution in [2.24, 2.45) is 4.99 Å². The number of aryl methyl sites for hydroxylation is 1. The van der Waals surface area contributed by atoms with Gasteiger partial charge in [-0.25, -0.2) is 9.97 Å². The molecule has 3 heterocycles. The summed E-state index contributed by atoms with van der Waals surface area (Å²) in [7, 11) is 1.78. The second-order valence-corrected chi connectivity index (χ2v) is 8.21. The van der Waals surface area contributed by atoms with E-state index in [1.165, 1.54) is 0 Å². The van der Waals surface area contributed by atoms with E-state index in [0.717, 1.165) is 54.1 Å². The summed E-state index contributed by atoms with van der Waals surface area (Å²) in [6.07, 6.45) is 3.28. The van der Waals surface area contributed by atoms with Crippen molar-refractivity contribution >= 4 is 23.1 Å². The zero-order valence-electron chi connectivity index (χ0n) is 17.1. The smallest absolute Gasteiger partial charge is 0.191 e. The van der Waals surface area contributed by atoms with Crippen LogP contribution in [0.1, 0.15) is 30.1 Å². The van der Waals surface area contributed by atoms with Gasteiger partial charge in [-0.15, -0.1) is 11.3 Å². The Kier molecular flexibility index (Phi) is 7.22. The first-order valence-corrected chi connectivity index (χ1v) is 10.6. The molecule has 0 saturated carbocycles. The Balaban J connectivity index is 1.45. The Morgan fingerprint density at radius 3 is 2.68 bits per heavy atom. The number of rotatable bonds is 6. The molecule has 0 aromatic carbocycles. The Morgan fingerprint density at radius 1 is 1.29 bits per heavy atom. The lowest BCUT2D eigenvalue weighted by Gasteiger charge is -2.36. The van der Waals surface area contributed by atoms with Gasteiger partial charge in [0.2, 0.25) is 0 Å². The van der Waals surface area contributed by atoms with Crippen LogP contribution in [0.4, 0.5) is 5.82 Å². The highest BCUT2D eigenvalue weighted by Crippen LogP contribution is 2.18. The lowest BCUT2D eigenvalue weighted by atomic mass is 10.2. The summed E-state index contributed by atoms with van der Waals surface area (Å²) in [5.41, 5.74) is 2.24. The van der Waals surface area contributed by atoms with E-state index >= 15 is 0 Å². The van der Waals surface area contributed by atoms with E-state index < -0.39 is 0 Å². The molecule has 0 radical (unpaired) electrons. The summed E-state index contributed by atoms with van der Waals surface area (Å²) >= 11 is 1.69. The standard InChI is InChI=1S/C20H30N6OS/c1-14-11-26(12-15(2)27-14)19-6-5-17(9-23-19)10-24-20(21-4)22-8-7-18-13-28-16(3)25-18/h5-6,9,13-15H,7-8,10-12H2,1-4H3,(H2,21,22,24). The summed E-state index contributed by atoms with van der Waals surface area (Å²) in [5, 5.41) is 9.88. The topological polar surface area (TPSA) is 74.7 Å². The maximum Gasteiger partial charge on any atom is 0.191 e. The van der Waals surface area contributed by atoms with Crippen molar-refractivity contribution in [1.82, 2.24) is 20.6 Å². The van der Waals surface area contributed by atoms with Crippen molar-refractivity contribution in [1.29, 1.82) is 0 Å². The van der Waals surface area contributed by atoms with Gasteiger partial charge in [-0.3, -0.25) is 4.99 Å². The van der Waals surface area contributed by atoms with Gasteiger partial charge in [0.25, 0.3) is 0 Å². The normalized spacial score (nSPS) is 20.3.